The molecule has 7 nitrogen and oxygen atoms in total. The average molecular weight is 477 g/mol. The summed E-state index contributed by atoms with van der Waals surface area (Å²) < 4.78 is 6.79. The Balaban J connectivity index is 1.44. The van der Waals surface area contributed by atoms with Crippen molar-refractivity contribution in [2.75, 3.05) is 26.4 Å². The van der Waals surface area contributed by atoms with Gasteiger partial charge in [0.05, 0.1) is 42.3 Å². The Hall–Kier alpha value is -4.02. The Bertz CT molecular complexity index is 1550. The summed E-state index contributed by atoms with van der Waals surface area (Å²) in [4.78, 5) is 25.1. The third-order valence-corrected chi connectivity index (χ3v) is 8.42. The molecule has 36 heavy (non-hydrogen) atoms. The first-order valence-corrected chi connectivity index (χ1v) is 12.5. The number of rotatable bonds is 0. The summed E-state index contributed by atoms with van der Waals surface area (Å²) >= 11 is 0. The van der Waals surface area contributed by atoms with Gasteiger partial charge in [-0.25, -0.2) is 4.99 Å². The number of carbonyl (C=O) groups excluding carboxylic acids is 1. The third-order valence-electron chi connectivity index (χ3n) is 8.42. The van der Waals surface area contributed by atoms with Gasteiger partial charge in [0.15, 0.2) is 18.1 Å². The lowest BCUT2D eigenvalue weighted by Crippen LogP contribution is -2.59. The van der Waals surface area contributed by atoms with Gasteiger partial charge >= 0.3 is 0 Å². The zero-order chi connectivity index (χ0) is 24.4. The fraction of sp³-hybridized carbons (Fsp3) is 0.310. The number of nitrogens with zero attached hydrogens (tertiary/aromatic N) is 5. The summed E-state index contributed by atoms with van der Waals surface area (Å²) in [5, 5.41) is 11.9. The van der Waals surface area contributed by atoms with E-state index >= 15 is 0 Å². The summed E-state index contributed by atoms with van der Waals surface area (Å²) in [5.41, 5.74) is 6.17. The van der Waals surface area contributed by atoms with Crippen LogP contribution < -0.4 is 4.74 Å². The Morgan fingerprint density at radius 1 is 1.28 bits per heavy atom. The predicted octanol–water partition coefficient (Wildman–Crippen LogP) is 4.61. The number of hydrogen-bond acceptors (Lipinski definition) is 6. The van der Waals surface area contributed by atoms with Crippen LogP contribution in [0.25, 0.3) is 16.8 Å². The van der Waals surface area contributed by atoms with E-state index in [0.29, 0.717) is 36.7 Å². The number of nitriles is 1. The number of quaternary nitrogens is 1. The number of aliphatic imine (C=N–C) groups is 2. The van der Waals surface area contributed by atoms with Crippen molar-refractivity contribution < 1.29 is 14.0 Å². The van der Waals surface area contributed by atoms with Gasteiger partial charge in [0, 0.05) is 11.8 Å². The number of allylic oxidation sites excluding steroid dienone is 3. The molecule has 2 atom stereocenters. The van der Waals surface area contributed by atoms with Gasteiger partial charge in [-0.3, -0.25) is 14.3 Å². The molecular formula is C29H26N5O2+. The van der Waals surface area contributed by atoms with Crippen molar-refractivity contribution in [1.29, 1.82) is 5.26 Å². The minimum absolute atomic E-state index is 0.228. The van der Waals surface area contributed by atoms with Crippen LogP contribution in [0.3, 0.4) is 0 Å². The Labute approximate surface area is 209 Å². The van der Waals surface area contributed by atoms with E-state index in [1.165, 1.54) is 5.70 Å². The molecule has 7 aliphatic rings. The number of benzene rings is 2. The van der Waals surface area contributed by atoms with E-state index in [1.807, 2.05) is 30.5 Å². The molecule has 1 unspecified atom stereocenters. The zero-order valence-corrected chi connectivity index (χ0v) is 20.2. The van der Waals surface area contributed by atoms with E-state index in [4.69, 9.17) is 14.7 Å². The molecule has 1 aliphatic carbocycles. The highest BCUT2D eigenvalue weighted by Gasteiger charge is 2.50. The molecule has 6 aliphatic heterocycles. The fourth-order valence-corrected chi connectivity index (χ4v) is 6.41. The topological polar surface area (TPSA) is 78.1 Å². The van der Waals surface area contributed by atoms with Gasteiger partial charge in [0.1, 0.15) is 36.7 Å². The molecule has 1 spiro atoms. The molecule has 2 aromatic rings. The molecule has 9 rings (SSSR count). The first kappa shape index (κ1) is 21.3. The van der Waals surface area contributed by atoms with Crippen molar-refractivity contribution in [3.8, 4) is 11.8 Å². The maximum absolute atomic E-state index is 13.2. The van der Waals surface area contributed by atoms with Gasteiger partial charge in [0.25, 0.3) is 0 Å². The second-order valence-electron chi connectivity index (χ2n) is 10.2. The van der Waals surface area contributed by atoms with Crippen molar-refractivity contribution >= 4 is 40.2 Å². The van der Waals surface area contributed by atoms with E-state index in [2.05, 4.69) is 36.2 Å². The minimum Gasteiger partial charge on any atom is -0.489 e. The molecule has 178 valence electrons. The van der Waals surface area contributed by atoms with Crippen LogP contribution in [0.1, 0.15) is 37.3 Å². The van der Waals surface area contributed by atoms with Crippen LogP contribution in [0.4, 0.5) is 5.69 Å². The fourth-order valence-electron chi connectivity index (χ4n) is 6.41. The molecule has 1 fully saturated rings. The zero-order valence-electron chi connectivity index (χ0n) is 20.2. The minimum atomic E-state index is 0.228. The van der Waals surface area contributed by atoms with Crippen LogP contribution >= 0.6 is 0 Å². The molecule has 0 saturated heterocycles. The molecular weight excluding hydrogens is 450 g/mol. The first-order valence-electron chi connectivity index (χ1n) is 12.5. The lowest BCUT2D eigenvalue weighted by Gasteiger charge is -2.46. The van der Waals surface area contributed by atoms with E-state index in [1.54, 1.807) is 0 Å². The normalized spacial score (nSPS) is 26.3. The van der Waals surface area contributed by atoms with Crippen molar-refractivity contribution in [3.05, 3.63) is 64.6 Å². The van der Waals surface area contributed by atoms with Crippen LogP contribution in [0.5, 0.6) is 5.75 Å². The van der Waals surface area contributed by atoms with Gasteiger partial charge in [-0.05, 0) is 60.2 Å². The summed E-state index contributed by atoms with van der Waals surface area (Å²) in [7, 11) is 0. The Kier molecular flexibility index (Phi) is 4.57. The van der Waals surface area contributed by atoms with E-state index in [0.717, 1.165) is 63.7 Å². The van der Waals surface area contributed by atoms with Gasteiger partial charge in [0.2, 0.25) is 0 Å². The van der Waals surface area contributed by atoms with Gasteiger partial charge in [-0.15, -0.1) is 0 Å². The van der Waals surface area contributed by atoms with Crippen molar-refractivity contribution in [1.82, 2.24) is 4.90 Å². The van der Waals surface area contributed by atoms with Gasteiger partial charge in [-0.2, -0.15) is 5.26 Å². The van der Waals surface area contributed by atoms with E-state index in [-0.39, 0.29) is 11.8 Å². The Morgan fingerprint density at radius 3 is 3.06 bits per heavy atom. The number of fused-ring (bicyclic) bond motifs is 2. The number of ketones is 1. The number of hydrogen-bond donors (Lipinski definition) is 0. The molecule has 9 bridgehead atoms. The largest absolute Gasteiger partial charge is 0.489 e. The summed E-state index contributed by atoms with van der Waals surface area (Å²) in [6, 6.07) is 10.6. The first-order chi connectivity index (χ1) is 17.6. The van der Waals surface area contributed by atoms with Crippen LogP contribution in [-0.2, 0) is 4.79 Å². The number of carbonyl (C=O) groups is 1. The molecule has 2 aromatic carbocycles. The molecule has 0 N–H and O–H groups in total. The van der Waals surface area contributed by atoms with Crippen LogP contribution in [0.15, 0.2) is 63.5 Å². The maximum atomic E-state index is 13.2. The lowest BCUT2D eigenvalue weighted by atomic mass is 9.86. The number of Topliss-reactive ketones (excluding diaryl/α,β-unsaturated/α-hetero) is 1. The van der Waals surface area contributed by atoms with Crippen molar-refractivity contribution in [2.24, 2.45) is 9.98 Å². The molecule has 0 amide bonds. The third kappa shape index (κ3) is 3.04. The maximum Gasteiger partial charge on any atom is 0.178 e. The molecule has 1 saturated carbocycles. The molecule has 0 radical (unpaired) electrons. The van der Waals surface area contributed by atoms with Crippen LogP contribution in [0, 0.1) is 11.3 Å². The van der Waals surface area contributed by atoms with Gasteiger partial charge in [-0.1, -0.05) is 6.07 Å². The van der Waals surface area contributed by atoms with Gasteiger partial charge < -0.3 is 9.64 Å². The van der Waals surface area contributed by atoms with Crippen molar-refractivity contribution in [2.45, 2.75) is 32.2 Å². The van der Waals surface area contributed by atoms with Crippen LogP contribution in [0.2, 0.25) is 0 Å². The van der Waals surface area contributed by atoms with Crippen molar-refractivity contribution in [3.63, 3.8) is 0 Å². The highest BCUT2D eigenvalue weighted by atomic mass is 16.5. The highest BCUT2D eigenvalue weighted by Crippen LogP contribution is 2.41. The molecule has 6 heterocycles. The molecule has 7 heteroatoms. The smallest absolute Gasteiger partial charge is 0.178 e. The van der Waals surface area contributed by atoms with Crippen LogP contribution in [-0.4, -0.2) is 59.5 Å². The monoisotopic (exact) mass is 476 g/mol. The second-order valence-corrected chi connectivity index (χ2v) is 10.2. The lowest BCUT2D eigenvalue weighted by molar-refractivity contribution is -0.909. The molecule has 0 aromatic heterocycles. The highest BCUT2D eigenvalue weighted by molar-refractivity contribution is 6.04. The predicted molar refractivity (Wildman–Crippen MR) is 139 cm³/mol. The number of ether oxygens (including phenoxy) is 1. The summed E-state index contributed by atoms with van der Waals surface area (Å²) in [6.45, 7) is 4.79. The Morgan fingerprint density at radius 2 is 2.19 bits per heavy atom. The quantitative estimate of drug-likeness (QED) is 0.520. The summed E-state index contributed by atoms with van der Waals surface area (Å²) in [6.07, 6.45) is 10.4. The average Bonchev–Trinajstić information content (AvgIpc) is 3.16. The van der Waals surface area contributed by atoms with E-state index in [9.17, 15) is 10.1 Å². The second kappa shape index (κ2) is 7.74. The standard InChI is InChI=1S/C29H26N5O2/c1-18-27-16-33-7-8-34(27,17-32-18)23-4-2-19(28(35)12-23)6-9-36-24-5-3-20-10-21-11-22(33)15-31-29(25(20)13-24)26(21)14-30/h3,5-6,10-11,13,15-16,23H,2,4,7-9,12,17H2,1H3/q+1/t23?,34-/m0/s1. The van der Waals surface area contributed by atoms with E-state index < -0.39 is 0 Å². The summed E-state index contributed by atoms with van der Waals surface area (Å²) in [5.74, 6) is 0.929. The SMILES string of the molecule is CC1=NC[N@+]23CCN(C=C12)C1=Cc2cc4ccc(cc4c(c2C#N)N=C1)OCC=C1CCC3CC1=O.